The first kappa shape index (κ1) is 14.1. The summed E-state index contributed by atoms with van der Waals surface area (Å²) in [7, 11) is 1.69. The SMILES string of the molecule is Cc1nc(-c2cc(C)c(C)c(S(=O)(=O)Cl)c2)c(C)o1. The minimum atomic E-state index is -3.78. The Morgan fingerprint density at radius 1 is 1.16 bits per heavy atom. The Bertz CT molecular complexity index is 747. The topological polar surface area (TPSA) is 60.2 Å². The van der Waals surface area contributed by atoms with Crippen molar-refractivity contribution >= 4 is 19.7 Å². The fourth-order valence-corrected chi connectivity index (χ4v) is 3.29. The van der Waals surface area contributed by atoms with E-state index in [1.54, 1.807) is 20.8 Å². The van der Waals surface area contributed by atoms with E-state index in [2.05, 4.69) is 4.98 Å². The highest BCUT2D eigenvalue weighted by atomic mass is 35.7. The molecule has 19 heavy (non-hydrogen) atoms. The van der Waals surface area contributed by atoms with Gasteiger partial charge >= 0.3 is 0 Å². The van der Waals surface area contributed by atoms with Gasteiger partial charge in [-0.05, 0) is 44.0 Å². The van der Waals surface area contributed by atoms with Crippen LogP contribution in [0.1, 0.15) is 22.8 Å². The summed E-state index contributed by atoms with van der Waals surface area (Å²) in [6.45, 7) is 7.11. The maximum Gasteiger partial charge on any atom is 0.261 e. The smallest absolute Gasteiger partial charge is 0.261 e. The van der Waals surface area contributed by atoms with Crippen LogP contribution in [0.3, 0.4) is 0 Å². The lowest BCUT2D eigenvalue weighted by atomic mass is 10.0. The minimum Gasteiger partial charge on any atom is -0.446 e. The Hall–Kier alpha value is -1.33. The minimum absolute atomic E-state index is 0.115. The molecule has 2 aromatic rings. The quantitative estimate of drug-likeness (QED) is 0.796. The van der Waals surface area contributed by atoms with Crippen molar-refractivity contribution in [1.29, 1.82) is 0 Å². The van der Waals surface area contributed by atoms with Crippen LogP contribution in [-0.4, -0.2) is 13.4 Å². The van der Waals surface area contributed by atoms with E-state index < -0.39 is 9.05 Å². The number of aryl methyl sites for hydroxylation is 3. The van der Waals surface area contributed by atoms with Gasteiger partial charge in [0.15, 0.2) is 5.89 Å². The molecule has 0 aliphatic rings. The molecule has 0 radical (unpaired) electrons. The third kappa shape index (κ3) is 2.67. The number of hydrogen-bond acceptors (Lipinski definition) is 4. The predicted octanol–water partition coefficient (Wildman–Crippen LogP) is 3.50. The van der Waals surface area contributed by atoms with Crippen LogP contribution in [0.2, 0.25) is 0 Å². The predicted molar refractivity (Wildman–Crippen MR) is 73.9 cm³/mol. The number of benzene rings is 1. The maximum absolute atomic E-state index is 11.6. The largest absolute Gasteiger partial charge is 0.446 e. The molecule has 2 rings (SSSR count). The Morgan fingerprint density at radius 3 is 2.26 bits per heavy atom. The lowest BCUT2D eigenvalue weighted by Gasteiger charge is -2.08. The lowest BCUT2D eigenvalue weighted by molar-refractivity contribution is 0.495. The van der Waals surface area contributed by atoms with Gasteiger partial charge in [-0.2, -0.15) is 0 Å². The van der Waals surface area contributed by atoms with Crippen molar-refractivity contribution in [2.45, 2.75) is 32.6 Å². The highest BCUT2D eigenvalue weighted by molar-refractivity contribution is 8.13. The van der Waals surface area contributed by atoms with E-state index in [1.807, 2.05) is 13.0 Å². The first-order valence-corrected chi connectivity index (χ1v) is 8.01. The monoisotopic (exact) mass is 299 g/mol. The highest BCUT2D eigenvalue weighted by Crippen LogP contribution is 2.31. The van der Waals surface area contributed by atoms with Gasteiger partial charge in [-0.15, -0.1) is 0 Å². The van der Waals surface area contributed by atoms with Gasteiger partial charge in [-0.1, -0.05) is 0 Å². The summed E-state index contributed by atoms with van der Waals surface area (Å²) >= 11 is 0. The summed E-state index contributed by atoms with van der Waals surface area (Å²) in [4.78, 5) is 4.38. The van der Waals surface area contributed by atoms with Gasteiger partial charge in [0.25, 0.3) is 9.05 Å². The van der Waals surface area contributed by atoms with Crippen LogP contribution in [-0.2, 0) is 9.05 Å². The molecule has 0 saturated carbocycles. The molecule has 6 heteroatoms. The number of oxazole rings is 1. The number of nitrogens with zero attached hydrogens (tertiary/aromatic N) is 1. The Morgan fingerprint density at radius 2 is 1.79 bits per heavy atom. The second-order valence-corrected chi connectivity index (χ2v) is 7.03. The third-order valence-electron chi connectivity index (χ3n) is 3.06. The highest BCUT2D eigenvalue weighted by Gasteiger charge is 2.19. The van der Waals surface area contributed by atoms with E-state index in [0.29, 0.717) is 28.5 Å². The number of halogens is 1. The summed E-state index contributed by atoms with van der Waals surface area (Å²) in [5.74, 6) is 1.19. The molecule has 0 unspecified atom stereocenters. The number of aromatic nitrogens is 1. The van der Waals surface area contributed by atoms with Gasteiger partial charge in [-0.25, -0.2) is 13.4 Å². The Labute approximate surface area is 116 Å². The van der Waals surface area contributed by atoms with Crippen LogP contribution >= 0.6 is 10.7 Å². The molecule has 1 heterocycles. The Kier molecular flexibility index (Phi) is 3.45. The molecule has 0 spiro atoms. The summed E-state index contributed by atoms with van der Waals surface area (Å²) in [6.07, 6.45) is 0. The molecule has 1 aromatic carbocycles. The zero-order chi connectivity index (χ0) is 14.4. The van der Waals surface area contributed by atoms with E-state index in [4.69, 9.17) is 15.1 Å². The summed E-state index contributed by atoms with van der Waals surface area (Å²) in [6, 6.07) is 3.42. The van der Waals surface area contributed by atoms with Crippen LogP contribution in [0.5, 0.6) is 0 Å². The van der Waals surface area contributed by atoms with Gasteiger partial charge in [0.2, 0.25) is 0 Å². The summed E-state index contributed by atoms with van der Waals surface area (Å²) < 4.78 is 28.6. The van der Waals surface area contributed by atoms with Gasteiger partial charge in [0.1, 0.15) is 11.5 Å². The van der Waals surface area contributed by atoms with Crippen molar-refractivity contribution in [2.24, 2.45) is 0 Å². The number of hydrogen-bond donors (Lipinski definition) is 0. The molecule has 0 atom stereocenters. The molecule has 102 valence electrons. The fraction of sp³-hybridized carbons (Fsp3) is 0.308. The molecule has 0 amide bonds. The molecule has 0 aliphatic carbocycles. The van der Waals surface area contributed by atoms with Crippen molar-refractivity contribution in [3.05, 3.63) is 34.9 Å². The second-order valence-electron chi connectivity index (χ2n) is 4.49. The van der Waals surface area contributed by atoms with E-state index >= 15 is 0 Å². The molecule has 0 aliphatic heterocycles. The molecular formula is C13H14ClNO3S. The van der Waals surface area contributed by atoms with E-state index in [9.17, 15) is 8.42 Å². The number of rotatable bonds is 2. The average molecular weight is 300 g/mol. The van der Waals surface area contributed by atoms with Gasteiger partial charge in [0, 0.05) is 23.2 Å². The van der Waals surface area contributed by atoms with Crippen molar-refractivity contribution in [2.75, 3.05) is 0 Å². The molecule has 0 bridgehead atoms. The van der Waals surface area contributed by atoms with Gasteiger partial charge in [0.05, 0.1) is 4.90 Å². The van der Waals surface area contributed by atoms with E-state index in [1.165, 1.54) is 6.07 Å². The summed E-state index contributed by atoms with van der Waals surface area (Å²) in [5.41, 5.74) is 2.83. The average Bonchev–Trinajstić information content (AvgIpc) is 2.60. The van der Waals surface area contributed by atoms with Crippen LogP contribution in [0.25, 0.3) is 11.3 Å². The van der Waals surface area contributed by atoms with E-state index in [-0.39, 0.29) is 4.90 Å². The first-order valence-electron chi connectivity index (χ1n) is 5.70. The standard InChI is InChI=1S/C13H14ClNO3S/c1-7-5-11(13-9(3)18-10(4)15-13)6-12(8(7)2)19(14,16)17/h5-6H,1-4H3. The molecule has 4 nitrogen and oxygen atoms in total. The molecule has 1 aromatic heterocycles. The first-order chi connectivity index (χ1) is 8.70. The fourth-order valence-electron chi connectivity index (χ4n) is 2.01. The van der Waals surface area contributed by atoms with Gasteiger partial charge in [-0.3, -0.25) is 0 Å². The zero-order valence-corrected chi connectivity index (χ0v) is 12.7. The van der Waals surface area contributed by atoms with Crippen molar-refractivity contribution < 1.29 is 12.8 Å². The molecule has 0 fully saturated rings. The van der Waals surface area contributed by atoms with Crippen LogP contribution in [0, 0.1) is 27.7 Å². The summed E-state index contributed by atoms with van der Waals surface area (Å²) in [5, 5.41) is 0. The van der Waals surface area contributed by atoms with Gasteiger partial charge < -0.3 is 4.42 Å². The van der Waals surface area contributed by atoms with Crippen LogP contribution < -0.4 is 0 Å². The lowest BCUT2D eigenvalue weighted by Crippen LogP contribution is -1.98. The Balaban J connectivity index is 2.74. The second kappa shape index (κ2) is 4.65. The maximum atomic E-state index is 11.6. The molecule has 0 saturated heterocycles. The van der Waals surface area contributed by atoms with E-state index in [0.717, 1.165) is 5.56 Å². The van der Waals surface area contributed by atoms with Crippen molar-refractivity contribution in [3.8, 4) is 11.3 Å². The molecular weight excluding hydrogens is 286 g/mol. The van der Waals surface area contributed by atoms with Crippen molar-refractivity contribution in [3.63, 3.8) is 0 Å². The van der Waals surface area contributed by atoms with Crippen molar-refractivity contribution in [1.82, 2.24) is 4.98 Å². The zero-order valence-electron chi connectivity index (χ0n) is 11.1. The van der Waals surface area contributed by atoms with Crippen LogP contribution in [0.4, 0.5) is 0 Å². The third-order valence-corrected chi connectivity index (χ3v) is 4.51. The molecule has 0 N–H and O–H groups in total. The normalized spacial score (nSPS) is 11.8. The van der Waals surface area contributed by atoms with Crippen LogP contribution in [0.15, 0.2) is 21.4 Å².